The van der Waals surface area contributed by atoms with Crippen LogP contribution in [-0.2, 0) is 6.42 Å². The van der Waals surface area contributed by atoms with E-state index < -0.39 is 0 Å². The van der Waals surface area contributed by atoms with E-state index >= 15 is 0 Å². The Morgan fingerprint density at radius 3 is 2.26 bits per heavy atom. The average Bonchev–Trinajstić information content (AvgIpc) is 2.42. The molecule has 0 unspecified atom stereocenters. The predicted molar refractivity (Wildman–Crippen MR) is 80.1 cm³/mol. The fourth-order valence-electron chi connectivity index (χ4n) is 2.01. The molecule has 0 atom stereocenters. The van der Waals surface area contributed by atoms with Crippen molar-refractivity contribution in [1.82, 2.24) is 0 Å². The van der Waals surface area contributed by atoms with Gasteiger partial charge in [-0.2, -0.15) is 0 Å². The Bertz CT molecular complexity index is 585. The van der Waals surface area contributed by atoms with Gasteiger partial charge in [0.15, 0.2) is 5.78 Å². The van der Waals surface area contributed by atoms with E-state index in [2.05, 4.69) is 6.92 Å². The van der Waals surface area contributed by atoms with Gasteiger partial charge in [-0.25, -0.2) is 0 Å². The molecule has 0 saturated carbocycles. The lowest BCUT2D eigenvalue weighted by molar-refractivity contribution is 0.103. The molecule has 0 saturated heterocycles. The first-order valence-corrected chi connectivity index (χ1v) is 6.89. The summed E-state index contributed by atoms with van der Waals surface area (Å²) in [7, 11) is 0. The molecule has 2 aromatic carbocycles. The second-order valence-electron chi connectivity index (χ2n) is 4.74. The fourth-order valence-corrected chi connectivity index (χ4v) is 2.19. The standard InChI is InChI=1S/C17H17ClO/c1-3-4-13-6-9-14(10-7-13)17(19)15-8-5-12(2)16(18)11-15/h5-11H,3-4H2,1-2H3. The zero-order valence-corrected chi connectivity index (χ0v) is 12.0. The van der Waals surface area contributed by atoms with E-state index in [-0.39, 0.29) is 5.78 Å². The van der Waals surface area contributed by atoms with Crippen molar-refractivity contribution in [2.45, 2.75) is 26.7 Å². The third kappa shape index (κ3) is 3.24. The first kappa shape index (κ1) is 13.8. The molecule has 0 heterocycles. The van der Waals surface area contributed by atoms with Gasteiger partial charge < -0.3 is 0 Å². The zero-order valence-electron chi connectivity index (χ0n) is 11.2. The van der Waals surface area contributed by atoms with Crippen molar-refractivity contribution in [3.8, 4) is 0 Å². The summed E-state index contributed by atoms with van der Waals surface area (Å²) in [6, 6.07) is 13.3. The van der Waals surface area contributed by atoms with Crippen LogP contribution in [0, 0.1) is 6.92 Å². The normalized spacial score (nSPS) is 10.5. The summed E-state index contributed by atoms with van der Waals surface area (Å²) in [4.78, 5) is 12.3. The summed E-state index contributed by atoms with van der Waals surface area (Å²) in [6.07, 6.45) is 2.16. The smallest absolute Gasteiger partial charge is 0.193 e. The van der Waals surface area contributed by atoms with Crippen molar-refractivity contribution in [2.75, 3.05) is 0 Å². The van der Waals surface area contributed by atoms with Crippen LogP contribution in [0.4, 0.5) is 0 Å². The molecule has 2 heteroatoms. The summed E-state index contributed by atoms with van der Waals surface area (Å²) in [5, 5.41) is 0.633. The summed E-state index contributed by atoms with van der Waals surface area (Å²) in [6.45, 7) is 4.07. The van der Waals surface area contributed by atoms with Crippen LogP contribution in [0.1, 0.15) is 40.4 Å². The van der Waals surface area contributed by atoms with Crippen LogP contribution < -0.4 is 0 Å². The van der Waals surface area contributed by atoms with Crippen molar-refractivity contribution >= 4 is 17.4 Å². The number of aryl methyl sites for hydroxylation is 2. The molecule has 0 amide bonds. The molecule has 2 aromatic rings. The summed E-state index contributed by atoms with van der Waals surface area (Å²) >= 11 is 6.06. The first-order chi connectivity index (χ1) is 9.11. The van der Waals surface area contributed by atoms with Gasteiger partial charge in [0.1, 0.15) is 0 Å². The van der Waals surface area contributed by atoms with Crippen LogP contribution in [0.2, 0.25) is 5.02 Å². The molecule has 0 spiro atoms. The highest BCUT2D eigenvalue weighted by molar-refractivity contribution is 6.31. The van der Waals surface area contributed by atoms with Gasteiger partial charge >= 0.3 is 0 Å². The Labute approximate surface area is 119 Å². The maximum absolute atomic E-state index is 12.3. The van der Waals surface area contributed by atoms with Gasteiger partial charge in [0.25, 0.3) is 0 Å². The second kappa shape index (κ2) is 6.03. The highest BCUT2D eigenvalue weighted by Gasteiger charge is 2.10. The molecule has 0 bridgehead atoms. The third-order valence-corrected chi connectivity index (χ3v) is 3.60. The minimum atomic E-state index is 0.0185. The Kier molecular flexibility index (Phi) is 4.39. The first-order valence-electron chi connectivity index (χ1n) is 6.51. The largest absolute Gasteiger partial charge is 0.289 e. The number of ketones is 1. The molecule has 0 aliphatic heterocycles. The Hall–Kier alpha value is -1.60. The number of carbonyl (C=O) groups excluding carboxylic acids is 1. The molecular weight excluding hydrogens is 256 g/mol. The van der Waals surface area contributed by atoms with Gasteiger partial charge in [0, 0.05) is 16.1 Å². The van der Waals surface area contributed by atoms with Crippen molar-refractivity contribution in [2.24, 2.45) is 0 Å². The van der Waals surface area contributed by atoms with Gasteiger partial charge in [-0.3, -0.25) is 4.79 Å². The van der Waals surface area contributed by atoms with Crippen LogP contribution in [0.15, 0.2) is 42.5 Å². The van der Waals surface area contributed by atoms with Gasteiger partial charge in [-0.05, 0) is 30.5 Å². The van der Waals surface area contributed by atoms with E-state index in [1.165, 1.54) is 5.56 Å². The Morgan fingerprint density at radius 2 is 1.68 bits per heavy atom. The van der Waals surface area contributed by atoms with Gasteiger partial charge in [-0.15, -0.1) is 0 Å². The number of carbonyl (C=O) groups is 1. The van der Waals surface area contributed by atoms with Crippen molar-refractivity contribution in [3.63, 3.8) is 0 Å². The van der Waals surface area contributed by atoms with E-state index in [0.717, 1.165) is 18.4 Å². The molecule has 0 aliphatic carbocycles. The minimum absolute atomic E-state index is 0.0185. The fraction of sp³-hybridized carbons (Fsp3) is 0.235. The Balaban J connectivity index is 2.25. The monoisotopic (exact) mass is 272 g/mol. The quantitative estimate of drug-likeness (QED) is 0.729. The van der Waals surface area contributed by atoms with Crippen LogP contribution in [0.25, 0.3) is 0 Å². The van der Waals surface area contributed by atoms with Crippen molar-refractivity contribution < 1.29 is 4.79 Å². The molecular formula is C17H17ClO. The second-order valence-corrected chi connectivity index (χ2v) is 5.15. The lowest BCUT2D eigenvalue weighted by atomic mass is 10.00. The molecule has 0 fully saturated rings. The van der Waals surface area contributed by atoms with Crippen molar-refractivity contribution in [1.29, 1.82) is 0 Å². The minimum Gasteiger partial charge on any atom is -0.289 e. The van der Waals surface area contributed by atoms with Gasteiger partial charge in [-0.1, -0.05) is 61.3 Å². The maximum Gasteiger partial charge on any atom is 0.193 e. The van der Waals surface area contributed by atoms with E-state index in [1.807, 2.05) is 43.3 Å². The van der Waals surface area contributed by atoms with Gasteiger partial charge in [0.2, 0.25) is 0 Å². The molecule has 1 nitrogen and oxygen atoms in total. The number of benzene rings is 2. The summed E-state index contributed by atoms with van der Waals surface area (Å²) in [5.74, 6) is 0.0185. The highest BCUT2D eigenvalue weighted by Crippen LogP contribution is 2.19. The number of hydrogen-bond donors (Lipinski definition) is 0. The summed E-state index contributed by atoms with van der Waals surface area (Å²) < 4.78 is 0. The van der Waals surface area contributed by atoms with E-state index in [4.69, 9.17) is 11.6 Å². The molecule has 0 aromatic heterocycles. The molecule has 0 N–H and O–H groups in total. The molecule has 19 heavy (non-hydrogen) atoms. The SMILES string of the molecule is CCCc1ccc(C(=O)c2ccc(C)c(Cl)c2)cc1. The number of halogens is 1. The van der Waals surface area contributed by atoms with Crippen LogP contribution in [0.3, 0.4) is 0 Å². The average molecular weight is 273 g/mol. The van der Waals surface area contributed by atoms with E-state index in [1.54, 1.807) is 6.07 Å². The van der Waals surface area contributed by atoms with E-state index in [9.17, 15) is 4.79 Å². The molecule has 0 aliphatic rings. The Morgan fingerprint density at radius 1 is 1.05 bits per heavy atom. The van der Waals surface area contributed by atoms with Crippen LogP contribution >= 0.6 is 11.6 Å². The van der Waals surface area contributed by atoms with Crippen LogP contribution in [-0.4, -0.2) is 5.78 Å². The maximum atomic E-state index is 12.3. The highest BCUT2D eigenvalue weighted by atomic mass is 35.5. The van der Waals surface area contributed by atoms with Gasteiger partial charge in [0.05, 0.1) is 0 Å². The molecule has 98 valence electrons. The predicted octanol–water partition coefficient (Wildman–Crippen LogP) is 4.83. The summed E-state index contributed by atoms with van der Waals surface area (Å²) in [5.41, 5.74) is 3.59. The van der Waals surface area contributed by atoms with Crippen LogP contribution in [0.5, 0.6) is 0 Å². The lowest BCUT2D eigenvalue weighted by Gasteiger charge is -2.05. The topological polar surface area (TPSA) is 17.1 Å². The molecule has 0 radical (unpaired) electrons. The zero-order chi connectivity index (χ0) is 13.8. The van der Waals surface area contributed by atoms with E-state index in [0.29, 0.717) is 16.1 Å². The number of rotatable bonds is 4. The molecule has 2 rings (SSSR count). The van der Waals surface area contributed by atoms with Crippen molar-refractivity contribution in [3.05, 3.63) is 69.7 Å². The third-order valence-electron chi connectivity index (χ3n) is 3.19. The number of hydrogen-bond acceptors (Lipinski definition) is 1. The lowest BCUT2D eigenvalue weighted by Crippen LogP contribution is -2.01.